The highest BCUT2D eigenvalue weighted by atomic mass is 16.2. The maximum Gasteiger partial charge on any atom is 0.257 e. The second-order valence-electron chi connectivity index (χ2n) is 8.46. The standard InChI is InChI=1S/C22H29N5O2/c1-22(2,3)25-21(29)17-13-16(14-23-15-17)20(28)24-18-5-7-19(8-6-18)27-11-9-26(4)10-12-27/h5-8,13-15H,9-12H2,1-4H3,(H,24,28)(H,25,29). The molecule has 2 heterocycles. The van der Waals surface area contributed by atoms with Gasteiger partial charge in [0.1, 0.15) is 0 Å². The fourth-order valence-electron chi connectivity index (χ4n) is 3.12. The number of benzene rings is 1. The van der Waals surface area contributed by atoms with Crippen molar-refractivity contribution in [1.82, 2.24) is 15.2 Å². The van der Waals surface area contributed by atoms with Gasteiger partial charge in [-0.3, -0.25) is 14.6 Å². The average molecular weight is 396 g/mol. The fraction of sp³-hybridized carbons (Fsp3) is 0.409. The topological polar surface area (TPSA) is 77.6 Å². The molecule has 1 aromatic carbocycles. The summed E-state index contributed by atoms with van der Waals surface area (Å²) in [6.07, 6.45) is 2.92. The molecule has 29 heavy (non-hydrogen) atoms. The Balaban J connectivity index is 1.64. The van der Waals surface area contributed by atoms with Crippen molar-refractivity contribution in [3.05, 3.63) is 53.9 Å². The highest BCUT2D eigenvalue weighted by molar-refractivity contribution is 6.05. The summed E-state index contributed by atoms with van der Waals surface area (Å²) in [7, 11) is 2.13. The van der Waals surface area contributed by atoms with Crippen LogP contribution in [0.2, 0.25) is 0 Å². The third kappa shape index (κ3) is 5.77. The number of rotatable bonds is 4. The number of amides is 2. The molecule has 0 unspecified atom stereocenters. The van der Waals surface area contributed by atoms with Gasteiger partial charge in [0.25, 0.3) is 11.8 Å². The van der Waals surface area contributed by atoms with E-state index in [0.717, 1.165) is 31.9 Å². The molecular formula is C22H29N5O2. The van der Waals surface area contributed by atoms with E-state index in [9.17, 15) is 9.59 Å². The van der Waals surface area contributed by atoms with E-state index in [1.165, 1.54) is 12.4 Å². The predicted octanol–water partition coefficient (Wildman–Crippen LogP) is 2.61. The number of carbonyl (C=O) groups excluding carboxylic acids is 2. The molecule has 1 saturated heterocycles. The Morgan fingerprint density at radius 2 is 1.52 bits per heavy atom. The number of anilines is 2. The van der Waals surface area contributed by atoms with Gasteiger partial charge in [0, 0.05) is 55.5 Å². The monoisotopic (exact) mass is 395 g/mol. The Bertz CT molecular complexity index is 866. The van der Waals surface area contributed by atoms with Crippen molar-refractivity contribution in [3.8, 4) is 0 Å². The minimum Gasteiger partial charge on any atom is -0.369 e. The van der Waals surface area contributed by atoms with E-state index in [1.807, 2.05) is 45.0 Å². The maximum absolute atomic E-state index is 12.6. The number of likely N-dealkylation sites (N-methyl/N-ethyl adjacent to an activating group) is 1. The van der Waals surface area contributed by atoms with E-state index < -0.39 is 0 Å². The van der Waals surface area contributed by atoms with Gasteiger partial charge in [-0.15, -0.1) is 0 Å². The second-order valence-corrected chi connectivity index (χ2v) is 8.46. The lowest BCUT2D eigenvalue weighted by Gasteiger charge is -2.34. The lowest BCUT2D eigenvalue weighted by atomic mass is 10.1. The number of piperazine rings is 1. The molecule has 2 amide bonds. The van der Waals surface area contributed by atoms with Gasteiger partial charge >= 0.3 is 0 Å². The SMILES string of the molecule is CN1CCN(c2ccc(NC(=O)c3cncc(C(=O)NC(C)(C)C)c3)cc2)CC1. The molecule has 0 atom stereocenters. The van der Waals surface area contributed by atoms with Gasteiger partial charge < -0.3 is 20.4 Å². The summed E-state index contributed by atoms with van der Waals surface area (Å²) in [6, 6.07) is 9.39. The molecule has 2 aromatic rings. The molecule has 7 nitrogen and oxygen atoms in total. The summed E-state index contributed by atoms with van der Waals surface area (Å²) in [6.45, 7) is 9.80. The van der Waals surface area contributed by atoms with Crippen LogP contribution in [-0.2, 0) is 0 Å². The van der Waals surface area contributed by atoms with Crippen LogP contribution in [0.4, 0.5) is 11.4 Å². The van der Waals surface area contributed by atoms with E-state index in [1.54, 1.807) is 6.07 Å². The van der Waals surface area contributed by atoms with Crippen LogP contribution >= 0.6 is 0 Å². The Labute approximate surface area is 172 Å². The van der Waals surface area contributed by atoms with Crippen molar-refractivity contribution in [2.75, 3.05) is 43.4 Å². The van der Waals surface area contributed by atoms with Crippen LogP contribution in [0.25, 0.3) is 0 Å². The summed E-state index contributed by atoms with van der Waals surface area (Å²) in [5.41, 5.74) is 2.20. The number of pyridine rings is 1. The summed E-state index contributed by atoms with van der Waals surface area (Å²) >= 11 is 0. The zero-order valence-corrected chi connectivity index (χ0v) is 17.5. The number of aromatic nitrogens is 1. The molecule has 2 N–H and O–H groups in total. The van der Waals surface area contributed by atoms with Gasteiger partial charge in [0.15, 0.2) is 0 Å². The number of nitrogens with zero attached hydrogens (tertiary/aromatic N) is 3. The largest absolute Gasteiger partial charge is 0.369 e. The van der Waals surface area contributed by atoms with E-state index in [-0.39, 0.29) is 17.4 Å². The molecule has 1 aromatic heterocycles. The highest BCUT2D eigenvalue weighted by Gasteiger charge is 2.18. The molecule has 3 rings (SSSR count). The van der Waals surface area contributed by atoms with Gasteiger partial charge in [0.2, 0.25) is 0 Å². The Morgan fingerprint density at radius 3 is 2.10 bits per heavy atom. The van der Waals surface area contributed by atoms with E-state index in [2.05, 4.69) is 32.5 Å². The van der Waals surface area contributed by atoms with Crippen molar-refractivity contribution < 1.29 is 9.59 Å². The normalized spacial score (nSPS) is 15.1. The van der Waals surface area contributed by atoms with Crippen molar-refractivity contribution in [2.24, 2.45) is 0 Å². The molecule has 0 aliphatic carbocycles. The quantitative estimate of drug-likeness (QED) is 0.832. The molecule has 1 fully saturated rings. The van der Waals surface area contributed by atoms with Crippen LogP contribution < -0.4 is 15.5 Å². The average Bonchev–Trinajstić information content (AvgIpc) is 2.68. The van der Waals surface area contributed by atoms with E-state index >= 15 is 0 Å². The molecule has 0 saturated carbocycles. The van der Waals surface area contributed by atoms with Gasteiger partial charge in [-0.05, 0) is 58.2 Å². The molecule has 7 heteroatoms. The number of nitrogens with one attached hydrogen (secondary N) is 2. The van der Waals surface area contributed by atoms with Crippen LogP contribution in [-0.4, -0.2) is 60.5 Å². The maximum atomic E-state index is 12.6. The number of carbonyl (C=O) groups is 2. The van der Waals surface area contributed by atoms with Gasteiger partial charge in [-0.25, -0.2) is 0 Å². The van der Waals surface area contributed by atoms with Crippen LogP contribution in [0.15, 0.2) is 42.7 Å². The van der Waals surface area contributed by atoms with Crippen LogP contribution in [0, 0.1) is 0 Å². The highest BCUT2D eigenvalue weighted by Crippen LogP contribution is 2.20. The van der Waals surface area contributed by atoms with Crippen molar-refractivity contribution in [3.63, 3.8) is 0 Å². The first-order valence-corrected chi connectivity index (χ1v) is 9.84. The van der Waals surface area contributed by atoms with E-state index in [0.29, 0.717) is 16.8 Å². The third-order valence-electron chi connectivity index (χ3n) is 4.74. The van der Waals surface area contributed by atoms with Crippen molar-refractivity contribution >= 4 is 23.2 Å². The summed E-state index contributed by atoms with van der Waals surface area (Å²) in [5.74, 6) is -0.550. The smallest absolute Gasteiger partial charge is 0.257 e. The Hall–Kier alpha value is -2.93. The predicted molar refractivity (Wildman–Crippen MR) is 116 cm³/mol. The van der Waals surface area contributed by atoms with Gasteiger partial charge in [0.05, 0.1) is 11.1 Å². The molecule has 1 aliphatic heterocycles. The second kappa shape index (κ2) is 8.61. The zero-order valence-electron chi connectivity index (χ0n) is 17.5. The number of hydrogen-bond acceptors (Lipinski definition) is 5. The van der Waals surface area contributed by atoms with Crippen molar-refractivity contribution in [1.29, 1.82) is 0 Å². The third-order valence-corrected chi connectivity index (χ3v) is 4.74. The lowest BCUT2D eigenvalue weighted by Crippen LogP contribution is -2.44. The molecule has 0 spiro atoms. The van der Waals surface area contributed by atoms with Gasteiger partial charge in [-0.1, -0.05) is 0 Å². The number of hydrogen-bond donors (Lipinski definition) is 2. The zero-order chi connectivity index (χ0) is 21.0. The van der Waals surface area contributed by atoms with Crippen LogP contribution in [0.1, 0.15) is 41.5 Å². The summed E-state index contributed by atoms with van der Waals surface area (Å²) < 4.78 is 0. The van der Waals surface area contributed by atoms with Crippen molar-refractivity contribution in [2.45, 2.75) is 26.3 Å². The molecule has 154 valence electrons. The minimum absolute atomic E-state index is 0.254. The minimum atomic E-state index is -0.360. The van der Waals surface area contributed by atoms with Crippen LogP contribution in [0.3, 0.4) is 0 Å². The van der Waals surface area contributed by atoms with Crippen LogP contribution in [0.5, 0.6) is 0 Å². The Kier molecular flexibility index (Phi) is 6.17. The lowest BCUT2D eigenvalue weighted by molar-refractivity contribution is 0.0919. The fourth-order valence-corrected chi connectivity index (χ4v) is 3.12. The Morgan fingerprint density at radius 1 is 0.931 bits per heavy atom. The summed E-state index contributed by atoms with van der Waals surface area (Å²) in [4.78, 5) is 33.6. The molecular weight excluding hydrogens is 366 g/mol. The molecule has 0 bridgehead atoms. The summed E-state index contributed by atoms with van der Waals surface area (Å²) in [5, 5.41) is 5.75. The molecule has 1 aliphatic rings. The first-order valence-electron chi connectivity index (χ1n) is 9.84. The molecule has 0 radical (unpaired) electrons. The first-order chi connectivity index (χ1) is 13.7. The first kappa shape index (κ1) is 20.8. The van der Waals surface area contributed by atoms with Gasteiger partial charge in [-0.2, -0.15) is 0 Å². The van der Waals surface area contributed by atoms with E-state index in [4.69, 9.17) is 0 Å².